The van der Waals surface area contributed by atoms with E-state index in [1.165, 1.54) is 22.6 Å². The number of rotatable bonds is 5. The van der Waals surface area contributed by atoms with E-state index in [9.17, 15) is 13.2 Å². The highest BCUT2D eigenvalue weighted by atomic mass is 32.2. The van der Waals surface area contributed by atoms with Crippen molar-refractivity contribution in [2.75, 3.05) is 13.1 Å². The highest BCUT2D eigenvalue weighted by Crippen LogP contribution is 2.33. The molecule has 0 saturated carbocycles. The predicted octanol–water partition coefficient (Wildman–Crippen LogP) is 2.35. The second-order valence-electron chi connectivity index (χ2n) is 6.68. The number of nitrogens with zero attached hydrogens (tertiary/aromatic N) is 4. The monoisotopic (exact) mass is 437 g/mol. The van der Waals surface area contributed by atoms with Gasteiger partial charge in [-0.1, -0.05) is 6.07 Å². The first-order chi connectivity index (χ1) is 13.4. The zero-order chi connectivity index (χ0) is 19.7. The third kappa shape index (κ3) is 3.79. The number of sulfonamides is 1. The second-order valence-corrected chi connectivity index (χ2v) is 10.0. The molecule has 1 saturated heterocycles. The summed E-state index contributed by atoms with van der Waals surface area (Å²) in [6.07, 6.45) is 1.66. The number of carbonyl (C=O) groups excluding carboxylic acids is 1. The first-order valence-corrected chi connectivity index (χ1v) is 11.9. The molecular weight excluding hydrogens is 418 g/mol. The average Bonchev–Trinajstić information content (AvgIpc) is 3.35. The molecular formula is C17H19N5O3S3. The minimum atomic E-state index is -3.66. The SMILES string of the molecule is CC(=O)NCc1csc(C2CCCN(S(=O)(=O)c3cccc4nsnc34)C2)n1. The van der Waals surface area contributed by atoms with E-state index >= 15 is 0 Å². The van der Waals surface area contributed by atoms with Crippen molar-refractivity contribution in [3.63, 3.8) is 0 Å². The fourth-order valence-electron chi connectivity index (χ4n) is 3.30. The standard InChI is InChI=1S/C17H19N5O3S3/c1-11(23)18-8-13-10-26-17(19-13)12-4-3-7-22(9-12)28(24,25)15-6-2-5-14-16(15)21-27-20-14/h2,5-6,10,12H,3-4,7-9H2,1H3,(H,18,23). The molecule has 11 heteroatoms. The molecule has 1 fully saturated rings. The van der Waals surface area contributed by atoms with E-state index in [0.717, 1.165) is 35.3 Å². The Bertz CT molecular complexity index is 1110. The van der Waals surface area contributed by atoms with Crippen molar-refractivity contribution in [3.05, 3.63) is 34.3 Å². The van der Waals surface area contributed by atoms with E-state index in [1.54, 1.807) is 18.2 Å². The average molecular weight is 438 g/mol. The minimum Gasteiger partial charge on any atom is -0.351 e. The van der Waals surface area contributed by atoms with Crippen LogP contribution in [0.5, 0.6) is 0 Å². The van der Waals surface area contributed by atoms with Crippen LogP contribution in [-0.4, -0.2) is 45.5 Å². The van der Waals surface area contributed by atoms with Crippen LogP contribution < -0.4 is 5.32 Å². The topological polar surface area (TPSA) is 105 Å². The summed E-state index contributed by atoms with van der Waals surface area (Å²) in [5.41, 5.74) is 1.83. The van der Waals surface area contributed by atoms with E-state index in [0.29, 0.717) is 30.7 Å². The molecule has 1 atom stereocenters. The Morgan fingerprint density at radius 3 is 3.04 bits per heavy atom. The van der Waals surface area contributed by atoms with Crippen LogP contribution in [-0.2, 0) is 21.4 Å². The molecule has 0 bridgehead atoms. The molecule has 1 unspecified atom stereocenters. The van der Waals surface area contributed by atoms with E-state index < -0.39 is 10.0 Å². The quantitative estimate of drug-likeness (QED) is 0.657. The van der Waals surface area contributed by atoms with Gasteiger partial charge in [-0.2, -0.15) is 13.1 Å². The van der Waals surface area contributed by atoms with Gasteiger partial charge in [0.1, 0.15) is 15.9 Å². The van der Waals surface area contributed by atoms with Crippen molar-refractivity contribution < 1.29 is 13.2 Å². The first kappa shape index (κ1) is 19.4. The lowest BCUT2D eigenvalue weighted by Crippen LogP contribution is -2.39. The zero-order valence-electron chi connectivity index (χ0n) is 15.2. The third-order valence-corrected chi connectivity index (χ3v) is 8.18. The van der Waals surface area contributed by atoms with Gasteiger partial charge in [0.05, 0.1) is 29.0 Å². The normalized spacial score (nSPS) is 18.4. The number of thiazole rings is 1. The van der Waals surface area contributed by atoms with Crippen molar-refractivity contribution in [1.29, 1.82) is 0 Å². The lowest BCUT2D eigenvalue weighted by atomic mass is 10.0. The predicted molar refractivity (Wildman–Crippen MR) is 108 cm³/mol. The molecule has 8 nitrogen and oxygen atoms in total. The van der Waals surface area contributed by atoms with Crippen molar-refractivity contribution in [2.45, 2.75) is 37.1 Å². The number of benzene rings is 1. The summed E-state index contributed by atoms with van der Waals surface area (Å²) in [5, 5.41) is 5.56. The maximum atomic E-state index is 13.3. The van der Waals surface area contributed by atoms with Crippen molar-refractivity contribution >= 4 is 50.0 Å². The van der Waals surface area contributed by atoms with Crippen LogP contribution in [0.2, 0.25) is 0 Å². The van der Waals surface area contributed by atoms with E-state index in [-0.39, 0.29) is 16.7 Å². The second kappa shape index (κ2) is 7.82. The van der Waals surface area contributed by atoms with Gasteiger partial charge in [0.2, 0.25) is 15.9 Å². The summed E-state index contributed by atoms with van der Waals surface area (Å²) in [6.45, 7) is 2.73. The Morgan fingerprint density at radius 1 is 1.36 bits per heavy atom. The molecule has 3 heterocycles. The summed E-state index contributed by atoms with van der Waals surface area (Å²) in [7, 11) is -3.66. The van der Waals surface area contributed by atoms with Crippen LogP contribution in [0.4, 0.5) is 0 Å². The van der Waals surface area contributed by atoms with E-state index in [2.05, 4.69) is 19.0 Å². The molecule has 0 aliphatic carbocycles. The fourth-order valence-corrected chi connectivity index (χ4v) is 6.52. The highest BCUT2D eigenvalue weighted by molar-refractivity contribution is 7.89. The van der Waals surface area contributed by atoms with Gasteiger partial charge < -0.3 is 5.32 Å². The Morgan fingerprint density at radius 2 is 2.21 bits per heavy atom. The largest absolute Gasteiger partial charge is 0.351 e. The fraction of sp³-hybridized carbons (Fsp3) is 0.412. The van der Waals surface area contributed by atoms with Gasteiger partial charge in [0, 0.05) is 31.3 Å². The number of hydrogen-bond donors (Lipinski definition) is 1. The molecule has 1 aliphatic rings. The Labute approximate surface area is 171 Å². The Kier molecular flexibility index (Phi) is 5.41. The van der Waals surface area contributed by atoms with Crippen molar-refractivity contribution in [2.24, 2.45) is 0 Å². The van der Waals surface area contributed by atoms with Gasteiger partial charge in [-0.25, -0.2) is 13.4 Å². The zero-order valence-corrected chi connectivity index (χ0v) is 17.6. The summed E-state index contributed by atoms with van der Waals surface area (Å²) < 4.78 is 36.4. The van der Waals surface area contributed by atoms with Gasteiger partial charge >= 0.3 is 0 Å². The van der Waals surface area contributed by atoms with Crippen LogP contribution >= 0.6 is 23.1 Å². The molecule has 4 rings (SSSR count). The van der Waals surface area contributed by atoms with Gasteiger partial charge in [-0.3, -0.25) is 4.79 Å². The van der Waals surface area contributed by atoms with Crippen molar-refractivity contribution in [3.8, 4) is 0 Å². The number of piperidine rings is 1. The molecule has 1 N–H and O–H groups in total. The summed E-state index contributed by atoms with van der Waals surface area (Å²) in [5.74, 6) is -0.0532. The van der Waals surface area contributed by atoms with Crippen LogP contribution in [0.25, 0.3) is 11.0 Å². The van der Waals surface area contributed by atoms with Gasteiger partial charge in [0.25, 0.3) is 0 Å². The van der Waals surface area contributed by atoms with Gasteiger partial charge in [-0.05, 0) is 25.0 Å². The Hall–Kier alpha value is -1.95. The third-order valence-electron chi connectivity index (χ3n) is 4.69. The summed E-state index contributed by atoms with van der Waals surface area (Å²) >= 11 is 2.53. The lowest BCUT2D eigenvalue weighted by Gasteiger charge is -2.31. The van der Waals surface area contributed by atoms with E-state index in [1.807, 2.05) is 5.38 Å². The van der Waals surface area contributed by atoms with Crippen LogP contribution in [0.15, 0.2) is 28.5 Å². The van der Waals surface area contributed by atoms with Gasteiger partial charge in [0.15, 0.2) is 0 Å². The molecule has 1 amide bonds. The molecule has 0 radical (unpaired) electrons. The van der Waals surface area contributed by atoms with E-state index in [4.69, 9.17) is 0 Å². The number of fused-ring (bicyclic) bond motifs is 1. The molecule has 3 aromatic rings. The maximum Gasteiger partial charge on any atom is 0.245 e. The minimum absolute atomic E-state index is 0.0485. The number of aromatic nitrogens is 3. The first-order valence-electron chi connectivity index (χ1n) is 8.85. The number of nitrogens with one attached hydrogen (secondary N) is 1. The summed E-state index contributed by atoms with van der Waals surface area (Å²) in [4.78, 5) is 15.9. The maximum absolute atomic E-state index is 13.3. The highest BCUT2D eigenvalue weighted by Gasteiger charge is 2.33. The molecule has 28 heavy (non-hydrogen) atoms. The molecule has 1 aliphatic heterocycles. The molecule has 0 spiro atoms. The van der Waals surface area contributed by atoms with Crippen LogP contribution in [0.3, 0.4) is 0 Å². The number of amides is 1. The van der Waals surface area contributed by atoms with Crippen molar-refractivity contribution in [1.82, 2.24) is 23.4 Å². The number of hydrogen-bond acceptors (Lipinski definition) is 8. The van der Waals surface area contributed by atoms with Gasteiger partial charge in [-0.15, -0.1) is 11.3 Å². The molecule has 2 aromatic heterocycles. The Balaban J connectivity index is 1.55. The molecule has 1 aromatic carbocycles. The van der Waals surface area contributed by atoms with Crippen LogP contribution in [0, 0.1) is 0 Å². The smallest absolute Gasteiger partial charge is 0.245 e. The lowest BCUT2D eigenvalue weighted by molar-refractivity contribution is -0.119. The summed E-state index contributed by atoms with van der Waals surface area (Å²) in [6, 6.07) is 5.06. The number of carbonyl (C=O) groups is 1. The van der Waals surface area contributed by atoms with Crippen LogP contribution in [0.1, 0.15) is 36.4 Å². The molecule has 148 valence electrons.